The van der Waals surface area contributed by atoms with Gasteiger partial charge < -0.3 is 4.57 Å². The maximum absolute atomic E-state index is 12.7. The van der Waals surface area contributed by atoms with E-state index >= 15 is 0 Å². The van der Waals surface area contributed by atoms with Gasteiger partial charge in [-0.3, -0.25) is 4.79 Å². The fraction of sp³-hybridized carbons (Fsp3) is 0.421. The largest absolute Gasteiger partial charge is 0.351 e. The Morgan fingerprint density at radius 3 is 2.84 bits per heavy atom. The first kappa shape index (κ1) is 16.8. The molecule has 0 N–H and O–H groups in total. The summed E-state index contributed by atoms with van der Waals surface area (Å²) in [6.07, 6.45) is 6.40. The van der Waals surface area contributed by atoms with Crippen LogP contribution in [-0.2, 0) is 19.9 Å². The number of carbonyl (C=O) groups is 1. The van der Waals surface area contributed by atoms with Crippen LogP contribution in [0.2, 0.25) is 0 Å². The van der Waals surface area contributed by atoms with Crippen LogP contribution in [0.4, 0.5) is 0 Å². The maximum atomic E-state index is 12.7. The monoisotopic (exact) mass is 371 g/mol. The third-order valence-corrected chi connectivity index (χ3v) is 7.32. The average Bonchev–Trinajstić information content (AvgIpc) is 3.12. The Morgan fingerprint density at radius 1 is 1.28 bits per heavy atom. The van der Waals surface area contributed by atoms with Crippen LogP contribution in [0, 0.1) is 13.8 Å². The molecular formula is C19H21N3OS2. The first-order valence-electron chi connectivity index (χ1n) is 8.60. The van der Waals surface area contributed by atoms with Crippen LogP contribution < -0.4 is 0 Å². The molecule has 0 fully saturated rings. The number of hydrogen-bond acceptors (Lipinski definition) is 5. The van der Waals surface area contributed by atoms with E-state index in [9.17, 15) is 4.79 Å². The molecule has 3 aromatic rings. The number of nitrogens with zero attached hydrogens (tertiary/aromatic N) is 3. The van der Waals surface area contributed by atoms with Crippen molar-refractivity contribution in [3.05, 3.63) is 39.8 Å². The molecule has 6 heteroatoms. The summed E-state index contributed by atoms with van der Waals surface area (Å²) in [6, 6.07) is 1.99. The van der Waals surface area contributed by atoms with Gasteiger partial charge in [-0.2, -0.15) is 0 Å². The van der Waals surface area contributed by atoms with Crippen LogP contribution in [0.1, 0.15) is 45.0 Å². The van der Waals surface area contributed by atoms with Gasteiger partial charge in [0.1, 0.15) is 16.2 Å². The highest BCUT2D eigenvalue weighted by molar-refractivity contribution is 8.00. The number of fused-ring (bicyclic) bond motifs is 3. The van der Waals surface area contributed by atoms with Gasteiger partial charge in [-0.1, -0.05) is 11.8 Å². The summed E-state index contributed by atoms with van der Waals surface area (Å²) >= 11 is 3.35. The van der Waals surface area contributed by atoms with Crippen LogP contribution in [0.5, 0.6) is 0 Å². The highest BCUT2D eigenvalue weighted by Gasteiger charge is 2.21. The fourth-order valence-corrected chi connectivity index (χ4v) is 5.72. The molecule has 130 valence electrons. The Balaban J connectivity index is 1.62. The van der Waals surface area contributed by atoms with Gasteiger partial charge in [0.15, 0.2) is 5.78 Å². The molecule has 0 radical (unpaired) electrons. The summed E-state index contributed by atoms with van der Waals surface area (Å²) in [5.41, 5.74) is 4.39. The zero-order valence-corrected chi connectivity index (χ0v) is 16.4. The molecule has 1 aliphatic carbocycles. The Kier molecular flexibility index (Phi) is 4.41. The van der Waals surface area contributed by atoms with Crippen molar-refractivity contribution in [1.29, 1.82) is 0 Å². The molecule has 0 unspecified atom stereocenters. The summed E-state index contributed by atoms with van der Waals surface area (Å²) in [5, 5.41) is 2.16. The van der Waals surface area contributed by atoms with Crippen LogP contribution in [-0.4, -0.2) is 26.1 Å². The van der Waals surface area contributed by atoms with Gasteiger partial charge in [0, 0.05) is 34.3 Å². The number of thioether (sulfide) groups is 1. The first-order chi connectivity index (χ1) is 12.1. The number of rotatable bonds is 4. The van der Waals surface area contributed by atoms with E-state index in [4.69, 9.17) is 0 Å². The van der Waals surface area contributed by atoms with Crippen molar-refractivity contribution < 1.29 is 4.79 Å². The van der Waals surface area contributed by atoms with E-state index in [1.165, 1.54) is 28.7 Å². The second kappa shape index (κ2) is 6.57. The minimum absolute atomic E-state index is 0.169. The second-order valence-corrected chi connectivity index (χ2v) is 8.67. The summed E-state index contributed by atoms with van der Waals surface area (Å²) in [6.45, 7) is 4.03. The smallest absolute Gasteiger partial charge is 0.174 e. The number of ketones is 1. The number of aryl methyl sites for hydroxylation is 3. The molecule has 0 amide bonds. The van der Waals surface area contributed by atoms with Crippen molar-refractivity contribution in [3.63, 3.8) is 0 Å². The lowest BCUT2D eigenvalue weighted by Crippen LogP contribution is -2.05. The van der Waals surface area contributed by atoms with Gasteiger partial charge in [0.05, 0.1) is 5.75 Å². The van der Waals surface area contributed by atoms with Crippen molar-refractivity contribution in [2.45, 2.75) is 44.6 Å². The molecule has 0 aliphatic heterocycles. The number of aromatic nitrogens is 3. The lowest BCUT2D eigenvalue weighted by atomic mass is 9.97. The topological polar surface area (TPSA) is 47.8 Å². The number of carbonyl (C=O) groups excluding carboxylic acids is 1. The fourth-order valence-electron chi connectivity index (χ4n) is 3.52. The number of thiophene rings is 1. The van der Waals surface area contributed by atoms with Gasteiger partial charge in [-0.25, -0.2) is 9.97 Å². The van der Waals surface area contributed by atoms with E-state index in [2.05, 4.69) is 14.5 Å². The van der Waals surface area contributed by atoms with Gasteiger partial charge in [-0.15, -0.1) is 11.3 Å². The summed E-state index contributed by atoms with van der Waals surface area (Å²) < 4.78 is 2.07. The molecule has 25 heavy (non-hydrogen) atoms. The van der Waals surface area contributed by atoms with E-state index in [-0.39, 0.29) is 5.78 Å². The van der Waals surface area contributed by atoms with Gasteiger partial charge >= 0.3 is 0 Å². The minimum atomic E-state index is 0.169. The molecular weight excluding hydrogens is 350 g/mol. The third-order valence-electron chi connectivity index (χ3n) is 5.13. The molecule has 0 bridgehead atoms. The Hall–Kier alpha value is -1.66. The summed E-state index contributed by atoms with van der Waals surface area (Å²) in [5.74, 6) is 0.586. The quantitative estimate of drug-likeness (QED) is 0.385. The zero-order valence-electron chi connectivity index (χ0n) is 14.8. The van der Waals surface area contributed by atoms with Crippen molar-refractivity contribution in [2.75, 3.05) is 5.75 Å². The SMILES string of the molecule is Cc1cc(C(=O)CSc2ncnc3sc4c(c23)CCCC4)c(C)n1C. The predicted octanol–water partition coefficient (Wildman–Crippen LogP) is 4.50. The second-order valence-electron chi connectivity index (χ2n) is 6.63. The third kappa shape index (κ3) is 2.91. The van der Waals surface area contributed by atoms with Gasteiger partial charge in [0.2, 0.25) is 0 Å². The van der Waals surface area contributed by atoms with Crippen molar-refractivity contribution in [3.8, 4) is 0 Å². The Morgan fingerprint density at radius 2 is 2.08 bits per heavy atom. The van der Waals surface area contributed by atoms with Crippen LogP contribution in [0.25, 0.3) is 10.2 Å². The molecule has 0 atom stereocenters. The Bertz CT molecular complexity index is 971. The lowest BCUT2D eigenvalue weighted by Gasteiger charge is -2.11. The van der Waals surface area contributed by atoms with Crippen LogP contribution >= 0.6 is 23.1 Å². The normalized spacial score (nSPS) is 14.0. The van der Waals surface area contributed by atoms with Crippen molar-refractivity contribution in [1.82, 2.24) is 14.5 Å². The molecule has 3 heterocycles. The molecule has 3 aromatic heterocycles. The van der Waals surface area contributed by atoms with Crippen molar-refractivity contribution >= 4 is 39.1 Å². The number of hydrogen-bond donors (Lipinski definition) is 0. The highest BCUT2D eigenvalue weighted by Crippen LogP contribution is 2.39. The molecule has 0 spiro atoms. The van der Waals surface area contributed by atoms with E-state index < -0.39 is 0 Å². The maximum Gasteiger partial charge on any atom is 0.174 e. The zero-order chi connectivity index (χ0) is 17.6. The summed E-state index contributed by atoms with van der Waals surface area (Å²) in [7, 11) is 2.00. The van der Waals surface area contributed by atoms with Gasteiger partial charge in [-0.05, 0) is 51.2 Å². The van der Waals surface area contributed by atoms with Crippen LogP contribution in [0.15, 0.2) is 17.4 Å². The van der Waals surface area contributed by atoms with E-state index in [1.807, 2.05) is 27.0 Å². The van der Waals surface area contributed by atoms with E-state index in [0.717, 1.165) is 39.6 Å². The molecule has 4 rings (SSSR count). The molecule has 0 aromatic carbocycles. The Labute approximate surface area is 155 Å². The van der Waals surface area contributed by atoms with E-state index in [0.29, 0.717) is 5.75 Å². The molecule has 4 nitrogen and oxygen atoms in total. The van der Waals surface area contributed by atoms with Crippen molar-refractivity contribution in [2.24, 2.45) is 7.05 Å². The molecule has 1 aliphatic rings. The lowest BCUT2D eigenvalue weighted by molar-refractivity contribution is 0.102. The summed E-state index contributed by atoms with van der Waals surface area (Å²) in [4.78, 5) is 24.2. The minimum Gasteiger partial charge on any atom is -0.351 e. The predicted molar refractivity (Wildman–Crippen MR) is 104 cm³/mol. The molecule has 0 saturated carbocycles. The standard InChI is InChI=1S/C19H21N3OS2/c1-11-8-14(12(2)22(11)3)15(23)9-24-18-17-13-6-4-5-7-16(13)25-19(17)21-10-20-18/h8,10H,4-7,9H2,1-3H3. The average molecular weight is 372 g/mol. The van der Waals surface area contributed by atoms with Crippen LogP contribution in [0.3, 0.4) is 0 Å². The first-order valence-corrected chi connectivity index (χ1v) is 10.4. The highest BCUT2D eigenvalue weighted by atomic mass is 32.2. The number of Topliss-reactive ketones (excluding diaryl/α,β-unsaturated/α-hetero) is 1. The van der Waals surface area contributed by atoms with E-state index in [1.54, 1.807) is 29.4 Å². The molecule has 0 saturated heterocycles. The van der Waals surface area contributed by atoms with Gasteiger partial charge in [0.25, 0.3) is 0 Å².